The van der Waals surface area contributed by atoms with Gasteiger partial charge in [-0.15, -0.1) is 0 Å². The van der Waals surface area contributed by atoms with Crippen LogP contribution in [0.4, 0.5) is 11.4 Å². The van der Waals surface area contributed by atoms with E-state index in [2.05, 4.69) is 10.3 Å². The van der Waals surface area contributed by atoms with E-state index in [4.69, 9.17) is 10.5 Å². The minimum absolute atomic E-state index is 0.279. The quantitative estimate of drug-likeness (QED) is 0.661. The predicted octanol–water partition coefficient (Wildman–Crippen LogP) is 2.49. The molecule has 0 spiro atoms. The summed E-state index contributed by atoms with van der Waals surface area (Å²) in [5.74, 6) is -0.279. The number of nitrogen functional groups attached to an aromatic ring is 1. The van der Waals surface area contributed by atoms with Gasteiger partial charge >= 0.3 is 5.97 Å². The summed E-state index contributed by atoms with van der Waals surface area (Å²) < 4.78 is 5.00. The molecule has 0 aliphatic rings. The lowest BCUT2D eigenvalue weighted by atomic mass is 10.1. The summed E-state index contributed by atoms with van der Waals surface area (Å²) >= 11 is 0. The molecule has 1 heterocycles. The zero-order valence-electron chi connectivity index (χ0n) is 11.9. The highest BCUT2D eigenvalue weighted by Gasteiger charge is 2.15. The number of nitrogens with one attached hydrogen (secondary N) is 1. The molecule has 0 saturated heterocycles. The van der Waals surface area contributed by atoms with Crippen LogP contribution in [0.2, 0.25) is 0 Å². The summed E-state index contributed by atoms with van der Waals surface area (Å²) in [5, 5.41) is 4.06. The fourth-order valence-electron chi connectivity index (χ4n) is 2.05. The van der Waals surface area contributed by atoms with E-state index in [0.717, 1.165) is 22.3 Å². The fraction of sp³-hybridized carbons (Fsp3) is 0.333. The van der Waals surface area contributed by atoms with Gasteiger partial charge in [0.2, 0.25) is 0 Å². The van der Waals surface area contributed by atoms with E-state index in [1.165, 1.54) is 0 Å². The van der Waals surface area contributed by atoms with Crippen LogP contribution in [0.1, 0.15) is 19.5 Å². The zero-order chi connectivity index (χ0) is 14.7. The van der Waals surface area contributed by atoms with Gasteiger partial charge in [-0.2, -0.15) is 0 Å². The van der Waals surface area contributed by atoms with E-state index in [1.54, 1.807) is 13.8 Å². The van der Waals surface area contributed by atoms with E-state index in [0.29, 0.717) is 12.3 Å². The van der Waals surface area contributed by atoms with Crippen molar-refractivity contribution in [1.82, 2.24) is 4.98 Å². The molecule has 0 bridgehead atoms. The van der Waals surface area contributed by atoms with Gasteiger partial charge in [-0.25, -0.2) is 4.79 Å². The number of hydrogen-bond donors (Lipinski definition) is 2. The molecule has 5 nitrogen and oxygen atoms in total. The second-order valence-corrected chi connectivity index (χ2v) is 4.71. The summed E-state index contributed by atoms with van der Waals surface area (Å²) in [6.45, 7) is 5.84. The first-order valence-corrected chi connectivity index (χ1v) is 6.61. The summed E-state index contributed by atoms with van der Waals surface area (Å²) in [6, 6.07) is 7.01. The third-order valence-electron chi connectivity index (χ3n) is 2.97. The molecule has 2 rings (SSSR count). The first-order valence-electron chi connectivity index (χ1n) is 6.61. The first-order chi connectivity index (χ1) is 9.51. The first kappa shape index (κ1) is 14.1. The molecule has 3 N–H and O–H groups in total. The van der Waals surface area contributed by atoms with Crippen LogP contribution in [0.15, 0.2) is 24.3 Å². The molecule has 1 atom stereocenters. The molecule has 106 valence electrons. The fourth-order valence-corrected chi connectivity index (χ4v) is 2.05. The Bertz CT molecular complexity index is 640. The number of benzene rings is 1. The number of rotatable bonds is 4. The van der Waals surface area contributed by atoms with Crippen LogP contribution >= 0.6 is 0 Å². The summed E-state index contributed by atoms with van der Waals surface area (Å²) in [4.78, 5) is 16.2. The van der Waals surface area contributed by atoms with Gasteiger partial charge < -0.3 is 15.8 Å². The largest absolute Gasteiger partial charge is 0.464 e. The Hall–Kier alpha value is -2.30. The molecule has 20 heavy (non-hydrogen) atoms. The van der Waals surface area contributed by atoms with Gasteiger partial charge in [0.25, 0.3) is 0 Å². The molecule has 2 aromatic rings. The molecule has 1 aromatic heterocycles. The average molecular weight is 273 g/mol. The summed E-state index contributed by atoms with van der Waals surface area (Å²) in [6.07, 6.45) is 0. The van der Waals surface area contributed by atoms with Gasteiger partial charge in [0.1, 0.15) is 6.04 Å². The van der Waals surface area contributed by atoms with E-state index in [9.17, 15) is 4.79 Å². The van der Waals surface area contributed by atoms with Crippen LogP contribution in [0.5, 0.6) is 0 Å². The molecule has 5 heteroatoms. The number of pyridine rings is 1. The topological polar surface area (TPSA) is 77.2 Å². The maximum atomic E-state index is 11.7. The number of fused-ring (bicyclic) bond motifs is 1. The van der Waals surface area contributed by atoms with Crippen LogP contribution in [0.3, 0.4) is 0 Å². The van der Waals surface area contributed by atoms with E-state index >= 15 is 0 Å². The minimum Gasteiger partial charge on any atom is -0.464 e. The Morgan fingerprint density at radius 1 is 1.45 bits per heavy atom. The highest BCUT2D eigenvalue weighted by molar-refractivity contribution is 5.95. The SMILES string of the molecule is CCOC(=O)C(C)Nc1cc(C)nc2ccc(N)cc12. The Balaban J connectivity index is 2.38. The number of aryl methyl sites for hydroxylation is 1. The Morgan fingerprint density at radius 3 is 2.90 bits per heavy atom. The van der Waals surface area contributed by atoms with Crippen LogP contribution < -0.4 is 11.1 Å². The molecule has 0 aliphatic heterocycles. The van der Waals surface area contributed by atoms with Crippen LogP contribution in [0.25, 0.3) is 10.9 Å². The molecule has 1 aromatic carbocycles. The molecule has 0 aliphatic carbocycles. The minimum atomic E-state index is -0.429. The number of aromatic nitrogens is 1. The van der Waals surface area contributed by atoms with Gasteiger partial charge in [0, 0.05) is 22.5 Å². The van der Waals surface area contributed by atoms with Crippen molar-refractivity contribution in [3.8, 4) is 0 Å². The molecular formula is C15H19N3O2. The highest BCUT2D eigenvalue weighted by atomic mass is 16.5. The third kappa shape index (κ3) is 2.99. The van der Waals surface area contributed by atoms with Crippen molar-refractivity contribution in [2.24, 2.45) is 0 Å². The summed E-state index contributed by atoms with van der Waals surface area (Å²) in [5.41, 5.74) is 9.04. The lowest BCUT2D eigenvalue weighted by Crippen LogP contribution is -2.28. The van der Waals surface area contributed by atoms with Crippen LogP contribution in [0, 0.1) is 6.92 Å². The van der Waals surface area contributed by atoms with Crippen molar-refractivity contribution in [1.29, 1.82) is 0 Å². The normalized spacial score (nSPS) is 12.2. The number of ether oxygens (including phenoxy) is 1. The monoisotopic (exact) mass is 273 g/mol. The summed E-state index contributed by atoms with van der Waals surface area (Å²) in [7, 11) is 0. The maximum Gasteiger partial charge on any atom is 0.328 e. The van der Waals surface area contributed by atoms with Gasteiger partial charge in [-0.3, -0.25) is 4.98 Å². The average Bonchev–Trinajstić information content (AvgIpc) is 2.39. The van der Waals surface area contributed by atoms with Crippen molar-refractivity contribution in [2.45, 2.75) is 26.8 Å². The van der Waals surface area contributed by atoms with Crippen LogP contribution in [-0.2, 0) is 9.53 Å². The Labute approximate surface area is 118 Å². The zero-order valence-corrected chi connectivity index (χ0v) is 11.9. The maximum absolute atomic E-state index is 11.7. The third-order valence-corrected chi connectivity index (χ3v) is 2.97. The van der Waals surface area contributed by atoms with E-state index < -0.39 is 6.04 Å². The number of anilines is 2. The number of carbonyl (C=O) groups is 1. The lowest BCUT2D eigenvalue weighted by Gasteiger charge is -2.16. The van der Waals surface area contributed by atoms with Gasteiger partial charge in [-0.05, 0) is 45.0 Å². The van der Waals surface area contributed by atoms with Gasteiger partial charge in [0.05, 0.1) is 12.1 Å². The van der Waals surface area contributed by atoms with Crippen molar-refractivity contribution in [3.63, 3.8) is 0 Å². The van der Waals surface area contributed by atoms with Gasteiger partial charge in [-0.1, -0.05) is 0 Å². The number of nitrogens with zero attached hydrogens (tertiary/aromatic N) is 1. The van der Waals surface area contributed by atoms with Crippen LogP contribution in [-0.4, -0.2) is 23.6 Å². The number of carbonyl (C=O) groups excluding carboxylic acids is 1. The number of esters is 1. The van der Waals surface area contributed by atoms with E-state index in [1.807, 2.05) is 31.2 Å². The molecule has 0 saturated carbocycles. The standard InChI is InChI=1S/C15H19N3O2/c1-4-20-15(19)10(3)18-14-7-9(2)17-13-6-5-11(16)8-12(13)14/h5-8,10H,4,16H2,1-3H3,(H,17,18). The number of nitrogens with two attached hydrogens (primary N) is 1. The van der Waals surface area contributed by atoms with Crippen molar-refractivity contribution in [3.05, 3.63) is 30.0 Å². The molecule has 0 amide bonds. The van der Waals surface area contributed by atoms with E-state index in [-0.39, 0.29) is 5.97 Å². The predicted molar refractivity (Wildman–Crippen MR) is 80.6 cm³/mol. The molecule has 0 fully saturated rings. The Morgan fingerprint density at radius 2 is 2.20 bits per heavy atom. The highest BCUT2D eigenvalue weighted by Crippen LogP contribution is 2.25. The van der Waals surface area contributed by atoms with Crippen molar-refractivity contribution >= 4 is 28.2 Å². The molecular weight excluding hydrogens is 254 g/mol. The molecule has 1 unspecified atom stereocenters. The smallest absolute Gasteiger partial charge is 0.328 e. The van der Waals surface area contributed by atoms with Crippen molar-refractivity contribution < 1.29 is 9.53 Å². The van der Waals surface area contributed by atoms with Crippen molar-refractivity contribution in [2.75, 3.05) is 17.7 Å². The second-order valence-electron chi connectivity index (χ2n) is 4.71. The number of hydrogen-bond acceptors (Lipinski definition) is 5. The molecule has 0 radical (unpaired) electrons. The Kier molecular flexibility index (Phi) is 4.08. The second kappa shape index (κ2) is 5.77. The van der Waals surface area contributed by atoms with Gasteiger partial charge in [0.15, 0.2) is 0 Å². The lowest BCUT2D eigenvalue weighted by molar-refractivity contribution is -0.143.